The summed E-state index contributed by atoms with van der Waals surface area (Å²) in [6.45, 7) is 6.00. The van der Waals surface area contributed by atoms with Gasteiger partial charge in [0.2, 0.25) is 0 Å². The first-order chi connectivity index (χ1) is 11.7. The summed E-state index contributed by atoms with van der Waals surface area (Å²) < 4.78 is 1.72. The van der Waals surface area contributed by atoms with E-state index in [2.05, 4.69) is 22.1 Å². The Labute approximate surface area is 143 Å². The molecule has 0 aliphatic carbocycles. The number of piperidine rings is 1. The van der Waals surface area contributed by atoms with Crippen LogP contribution >= 0.6 is 0 Å². The summed E-state index contributed by atoms with van der Waals surface area (Å²) in [6.07, 6.45) is 3.79. The van der Waals surface area contributed by atoms with Gasteiger partial charge < -0.3 is 9.80 Å². The van der Waals surface area contributed by atoms with Gasteiger partial charge in [-0.1, -0.05) is 42.5 Å². The molecule has 128 valence electrons. The summed E-state index contributed by atoms with van der Waals surface area (Å²) in [5, 5.41) is 8.17. The van der Waals surface area contributed by atoms with Gasteiger partial charge in [-0.3, -0.25) is 4.79 Å². The summed E-state index contributed by atoms with van der Waals surface area (Å²) >= 11 is 0. The van der Waals surface area contributed by atoms with Crippen molar-refractivity contribution in [2.75, 3.05) is 26.7 Å². The van der Waals surface area contributed by atoms with Crippen molar-refractivity contribution >= 4 is 5.91 Å². The highest BCUT2D eigenvalue weighted by Gasteiger charge is 2.26. The Morgan fingerprint density at radius 3 is 2.62 bits per heavy atom. The summed E-state index contributed by atoms with van der Waals surface area (Å²) in [4.78, 5) is 16.9. The van der Waals surface area contributed by atoms with Crippen LogP contribution in [0.2, 0.25) is 0 Å². The predicted molar refractivity (Wildman–Crippen MR) is 92.8 cm³/mol. The molecule has 1 aromatic carbocycles. The highest BCUT2D eigenvalue weighted by molar-refractivity contribution is 5.91. The highest BCUT2D eigenvalue weighted by Crippen LogP contribution is 2.17. The third-order valence-electron chi connectivity index (χ3n) is 4.82. The maximum absolute atomic E-state index is 12.7. The van der Waals surface area contributed by atoms with Crippen molar-refractivity contribution in [2.24, 2.45) is 0 Å². The lowest BCUT2D eigenvalue weighted by molar-refractivity contribution is 0.0641. The summed E-state index contributed by atoms with van der Waals surface area (Å²) in [5.41, 5.74) is 1.56. The van der Waals surface area contributed by atoms with Crippen LogP contribution < -0.4 is 0 Å². The van der Waals surface area contributed by atoms with Gasteiger partial charge in [0.1, 0.15) is 0 Å². The van der Waals surface area contributed by atoms with Gasteiger partial charge in [-0.25, -0.2) is 4.68 Å². The zero-order valence-corrected chi connectivity index (χ0v) is 14.4. The Balaban J connectivity index is 1.61. The molecule has 2 aromatic rings. The zero-order valence-electron chi connectivity index (χ0n) is 14.4. The van der Waals surface area contributed by atoms with Gasteiger partial charge in [-0.2, -0.15) is 0 Å². The quantitative estimate of drug-likeness (QED) is 0.841. The number of likely N-dealkylation sites (tertiary alicyclic amines) is 1. The van der Waals surface area contributed by atoms with Crippen molar-refractivity contribution in [1.82, 2.24) is 24.8 Å². The van der Waals surface area contributed by atoms with Gasteiger partial charge in [0.25, 0.3) is 5.91 Å². The lowest BCUT2D eigenvalue weighted by Gasteiger charge is -2.35. The van der Waals surface area contributed by atoms with Crippen LogP contribution in [-0.2, 0) is 6.54 Å². The molecule has 0 unspecified atom stereocenters. The highest BCUT2D eigenvalue weighted by atomic mass is 16.2. The van der Waals surface area contributed by atoms with E-state index in [9.17, 15) is 4.79 Å². The van der Waals surface area contributed by atoms with Crippen molar-refractivity contribution in [3.05, 3.63) is 47.8 Å². The second-order valence-electron chi connectivity index (χ2n) is 6.37. The average Bonchev–Trinajstić information content (AvgIpc) is 3.10. The molecule has 6 nitrogen and oxygen atoms in total. The summed E-state index contributed by atoms with van der Waals surface area (Å²) in [6, 6.07) is 10.3. The smallest absolute Gasteiger partial charge is 0.276 e. The van der Waals surface area contributed by atoms with Gasteiger partial charge in [0, 0.05) is 26.2 Å². The summed E-state index contributed by atoms with van der Waals surface area (Å²) in [7, 11) is 1.88. The number of benzene rings is 1. The van der Waals surface area contributed by atoms with Crippen molar-refractivity contribution in [3.63, 3.8) is 0 Å². The van der Waals surface area contributed by atoms with Gasteiger partial charge in [0.15, 0.2) is 5.69 Å². The lowest BCUT2D eigenvalue weighted by Crippen LogP contribution is -2.45. The lowest BCUT2D eigenvalue weighted by atomic mass is 10.0. The van der Waals surface area contributed by atoms with Gasteiger partial charge in [-0.05, 0) is 24.9 Å². The number of nitrogens with zero attached hydrogens (tertiary/aromatic N) is 5. The van der Waals surface area contributed by atoms with Crippen molar-refractivity contribution in [2.45, 2.75) is 32.4 Å². The Hall–Kier alpha value is -2.21. The van der Waals surface area contributed by atoms with E-state index in [1.807, 2.05) is 42.3 Å². The number of aromatic nitrogens is 3. The monoisotopic (exact) mass is 327 g/mol. The SMILES string of the molecule is CCN1CCC(N(C)C(=O)c2cn(Cc3ccccc3)nn2)CC1. The molecule has 24 heavy (non-hydrogen) atoms. The van der Waals surface area contributed by atoms with E-state index in [0.29, 0.717) is 18.3 Å². The molecule has 2 heterocycles. The number of carbonyl (C=O) groups is 1. The molecule has 0 spiro atoms. The zero-order chi connectivity index (χ0) is 16.9. The minimum atomic E-state index is -0.0377. The fourth-order valence-electron chi connectivity index (χ4n) is 3.21. The van der Waals surface area contributed by atoms with Crippen LogP contribution in [0.3, 0.4) is 0 Å². The molecular formula is C18H25N5O. The fourth-order valence-corrected chi connectivity index (χ4v) is 3.21. The molecule has 0 radical (unpaired) electrons. The average molecular weight is 327 g/mol. The van der Waals surface area contributed by atoms with E-state index in [1.165, 1.54) is 0 Å². The molecule has 0 bridgehead atoms. The van der Waals surface area contributed by atoms with E-state index in [1.54, 1.807) is 10.9 Å². The first-order valence-corrected chi connectivity index (χ1v) is 8.61. The first-order valence-electron chi connectivity index (χ1n) is 8.61. The van der Waals surface area contributed by atoms with Crippen LogP contribution in [0, 0.1) is 0 Å². The molecule has 0 saturated carbocycles. The summed E-state index contributed by atoms with van der Waals surface area (Å²) in [5.74, 6) is -0.0377. The van der Waals surface area contributed by atoms with Crippen molar-refractivity contribution in [3.8, 4) is 0 Å². The van der Waals surface area contributed by atoms with Crippen LogP contribution in [0.1, 0.15) is 35.8 Å². The van der Waals surface area contributed by atoms with E-state index < -0.39 is 0 Å². The molecular weight excluding hydrogens is 302 g/mol. The van der Waals surface area contributed by atoms with E-state index >= 15 is 0 Å². The predicted octanol–water partition coefficient (Wildman–Crippen LogP) is 1.88. The Morgan fingerprint density at radius 1 is 1.25 bits per heavy atom. The van der Waals surface area contributed by atoms with Gasteiger partial charge in [0.05, 0.1) is 12.7 Å². The number of hydrogen-bond acceptors (Lipinski definition) is 4. The van der Waals surface area contributed by atoms with E-state index in [0.717, 1.165) is 38.0 Å². The van der Waals surface area contributed by atoms with Gasteiger partial charge in [-0.15, -0.1) is 5.10 Å². The first kappa shape index (κ1) is 16.6. The topological polar surface area (TPSA) is 54.3 Å². The Morgan fingerprint density at radius 2 is 1.96 bits per heavy atom. The van der Waals surface area contributed by atoms with Crippen LogP contribution in [-0.4, -0.2) is 63.4 Å². The molecule has 0 atom stereocenters. The third kappa shape index (κ3) is 3.82. The normalized spacial score (nSPS) is 16.2. The van der Waals surface area contributed by atoms with Crippen LogP contribution in [0.25, 0.3) is 0 Å². The van der Waals surface area contributed by atoms with Crippen LogP contribution in [0.5, 0.6) is 0 Å². The Kier molecular flexibility index (Phi) is 5.25. The molecule has 1 aliphatic rings. The number of hydrogen-bond donors (Lipinski definition) is 0. The maximum atomic E-state index is 12.7. The number of amides is 1. The molecule has 1 fully saturated rings. The number of carbonyl (C=O) groups excluding carboxylic acids is 1. The second kappa shape index (κ2) is 7.57. The van der Waals surface area contributed by atoms with Crippen molar-refractivity contribution < 1.29 is 4.79 Å². The third-order valence-corrected chi connectivity index (χ3v) is 4.82. The van der Waals surface area contributed by atoms with E-state index in [4.69, 9.17) is 0 Å². The van der Waals surface area contributed by atoms with E-state index in [-0.39, 0.29) is 5.91 Å². The number of rotatable bonds is 5. The second-order valence-corrected chi connectivity index (χ2v) is 6.37. The molecule has 1 saturated heterocycles. The standard InChI is InChI=1S/C18H25N5O/c1-3-22-11-9-16(10-12-22)21(2)18(24)17-14-23(20-19-17)13-15-7-5-4-6-8-15/h4-8,14,16H,3,9-13H2,1-2H3. The fraction of sp³-hybridized carbons (Fsp3) is 0.500. The minimum absolute atomic E-state index is 0.0377. The molecule has 1 amide bonds. The van der Waals surface area contributed by atoms with Crippen LogP contribution in [0.15, 0.2) is 36.5 Å². The largest absolute Gasteiger partial charge is 0.337 e. The molecule has 0 N–H and O–H groups in total. The minimum Gasteiger partial charge on any atom is -0.337 e. The van der Waals surface area contributed by atoms with Gasteiger partial charge >= 0.3 is 0 Å². The molecule has 1 aliphatic heterocycles. The molecule has 6 heteroatoms. The Bertz CT molecular complexity index is 661. The van der Waals surface area contributed by atoms with Crippen LogP contribution in [0.4, 0.5) is 0 Å². The van der Waals surface area contributed by atoms with Crippen molar-refractivity contribution in [1.29, 1.82) is 0 Å². The maximum Gasteiger partial charge on any atom is 0.276 e. The molecule has 1 aromatic heterocycles. The molecule has 3 rings (SSSR count).